The summed E-state index contributed by atoms with van der Waals surface area (Å²) in [6, 6.07) is 8.31. The Hall–Kier alpha value is -2.97. The summed E-state index contributed by atoms with van der Waals surface area (Å²) in [4.78, 5) is 22.1. The molecule has 0 saturated heterocycles. The van der Waals surface area contributed by atoms with Gasteiger partial charge in [-0.1, -0.05) is 12.1 Å². The van der Waals surface area contributed by atoms with Crippen molar-refractivity contribution in [3.63, 3.8) is 0 Å². The van der Waals surface area contributed by atoms with Crippen molar-refractivity contribution in [2.45, 2.75) is 18.2 Å². The van der Waals surface area contributed by atoms with E-state index in [1.54, 1.807) is 24.1 Å². The Kier molecular flexibility index (Phi) is 4.52. The summed E-state index contributed by atoms with van der Waals surface area (Å²) in [6.45, 7) is 2.79. The van der Waals surface area contributed by atoms with Crippen LogP contribution in [0.15, 0.2) is 53.7 Å². The van der Waals surface area contributed by atoms with Crippen LogP contribution >= 0.6 is 0 Å². The van der Waals surface area contributed by atoms with Crippen LogP contribution in [0.3, 0.4) is 0 Å². The number of nitrogens with two attached hydrogens (primary N) is 1. The molecule has 7 nitrogen and oxygen atoms in total. The highest BCUT2D eigenvalue weighted by atomic mass is 32.2. The lowest BCUT2D eigenvalue weighted by Crippen LogP contribution is -2.35. The zero-order valence-corrected chi connectivity index (χ0v) is 16.2. The molecule has 0 unspecified atom stereocenters. The molecule has 0 atom stereocenters. The quantitative estimate of drug-likeness (QED) is 0.709. The molecule has 3 aromatic rings. The average Bonchev–Trinajstić information content (AvgIpc) is 3.11. The molecule has 0 radical (unpaired) electrons. The summed E-state index contributed by atoms with van der Waals surface area (Å²) in [5.41, 5.74) is 4.18. The van der Waals surface area contributed by atoms with E-state index in [9.17, 15) is 13.2 Å². The van der Waals surface area contributed by atoms with Gasteiger partial charge in [0.05, 0.1) is 4.90 Å². The zero-order chi connectivity index (χ0) is 19.9. The number of sulfonamides is 1. The number of carbonyl (C=O) groups is 1. The third kappa shape index (κ3) is 3.32. The third-order valence-electron chi connectivity index (χ3n) is 5.06. The topological polar surface area (TPSA) is 109 Å². The number of nitrogens with one attached hydrogen (secondary N) is 1. The Morgan fingerprint density at radius 2 is 2.11 bits per heavy atom. The summed E-state index contributed by atoms with van der Waals surface area (Å²) in [5.74, 6) is -0.195. The van der Waals surface area contributed by atoms with Gasteiger partial charge in [-0.2, -0.15) is 0 Å². The van der Waals surface area contributed by atoms with Gasteiger partial charge in [-0.25, -0.2) is 18.5 Å². The van der Waals surface area contributed by atoms with Gasteiger partial charge >= 0.3 is 0 Å². The molecule has 3 heterocycles. The fourth-order valence-electron chi connectivity index (χ4n) is 3.50. The minimum Gasteiger partial charge on any atom is -0.346 e. The van der Waals surface area contributed by atoms with E-state index in [1.165, 1.54) is 17.7 Å². The first-order valence-corrected chi connectivity index (χ1v) is 10.4. The van der Waals surface area contributed by atoms with Gasteiger partial charge < -0.3 is 9.88 Å². The molecule has 0 aliphatic carbocycles. The molecule has 1 aliphatic rings. The number of amides is 1. The van der Waals surface area contributed by atoms with Crippen LogP contribution in [-0.2, 0) is 10.0 Å². The van der Waals surface area contributed by atoms with E-state index < -0.39 is 10.0 Å². The molecular weight excluding hydrogens is 376 g/mol. The Morgan fingerprint density at radius 3 is 2.82 bits per heavy atom. The predicted octanol–water partition coefficient (Wildman–Crippen LogP) is 2.45. The van der Waals surface area contributed by atoms with Gasteiger partial charge in [-0.15, -0.1) is 0 Å². The first kappa shape index (κ1) is 18.4. The second-order valence-corrected chi connectivity index (χ2v) is 8.42. The van der Waals surface area contributed by atoms with Gasteiger partial charge in [0, 0.05) is 42.0 Å². The van der Waals surface area contributed by atoms with Gasteiger partial charge in [0.15, 0.2) is 0 Å². The Balaban J connectivity index is 1.59. The van der Waals surface area contributed by atoms with Crippen molar-refractivity contribution in [3.05, 3.63) is 65.5 Å². The Labute approximate surface area is 162 Å². The number of carbonyl (C=O) groups excluding carboxylic acids is 1. The molecule has 1 aliphatic heterocycles. The predicted molar refractivity (Wildman–Crippen MR) is 107 cm³/mol. The maximum absolute atomic E-state index is 13.0. The molecule has 2 aromatic heterocycles. The van der Waals surface area contributed by atoms with Crippen LogP contribution in [0, 0.1) is 6.92 Å². The van der Waals surface area contributed by atoms with Gasteiger partial charge in [-0.3, -0.25) is 4.79 Å². The molecule has 0 saturated carbocycles. The fourth-order valence-corrected chi connectivity index (χ4v) is 4.04. The summed E-state index contributed by atoms with van der Waals surface area (Å²) < 4.78 is 23.2. The lowest BCUT2D eigenvalue weighted by Gasteiger charge is -2.27. The molecule has 1 amide bonds. The molecule has 28 heavy (non-hydrogen) atoms. The van der Waals surface area contributed by atoms with Crippen molar-refractivity contribution in [1.82, 2.24) is 14.9 Å². The number of aromatic nitrogens is 2. The molecule has 144 valence electrons. The van der Waals surface area contributed by atoms with E-state index in [0.29, 0.717) is 25.1 Å². The van der Waals surface area contributed by atoms with E-state index in [4.69, 9.17) is 5.14 Å². The molecule has 0 bridgehead atoms. The molecular formula is C20H20N4O3S. The van der Waals surface area contributed by atoms with Crippen molar-refractivity contribution in [3.8, 4) is 0 Å². The number of primary sulfonamides is 1. The summed E-state index contributed by atoms with van der Waals surface area (Å²) >= 11 is 0. The number of hydrogen-bond donors (Lipinski definition) is 2. The van der Waals surface area contributed by atoms with Gasteiger partial charge in [0.2, 0.25) is 10.0 Å². The second-order valence-electron chi connectivity index (χ2n) is 6.85. The third-order valence-corrected chi connectivity index (χ3v) is 5.97. The highest BCUT2D eigenvalue weighted by Gasteiger charge is 2.23. The highest BCUT2D eigenvalue weighted by molar-refractivity contribution is 7.89. The van der Waals surface area contributed by atoms with Crippen LogP contribution < -0.4 is 5.14 Å². The number of rotatable bonds is 3. The number of pyridine rings is 1. The standard InChI is InChI=1S/C20H20N4O3S/c1-13-4-5-15(28(21,26)27)11-17(13)20(25)24-9-6-14(7-10-24)18-12-23-19-16(18)3-2-8-22-19/h2-6,8,11-12H,7,9-10H2,1H3,(H,22,23)(H2,21,26,27). The van der Waals surface area contributed by atoms with Crippen LogP contribution in [0.25, 0.3) is 16.6 Å². The van der Waals surface area contributed by atoms with Crippen molar-refractivity contribution in [2.75, 3.05) is 13.1 Å². The molecule has 3 N–H and O–H groups in total. The van der Waals surface area contributed by atoms with E-state index in [0.717, 1.165) is 22.2 Å². The lowest BCUT2D eigenvalue weighted by molar-refractivity contribution is 0.0772. The maximum atomic E-state index is 13.0. The number of fused-ring (bicyclic) bond motifs is 1. The van der Waals surface area contributed by atoms with Crippen molar-refractivity contribution in [2.24, 2.45) is 5.14 Å². The summed E-state index contributed by atoms with van der Waals surface area (Å²) in [6.07, 6.45) is 6.44. The lowest BCUT2D eigenvalue weighted by atomic mass is 9.98. The van der Waals surface area contributed by atoms with Crippen LogP contribution in [-0.4, -0.2) is 42.3 Å². The number of hydrogen-bond acceptors (Lipinski definition) is 4. The molecule has 0 spiro atoms. The van der Waals surface area contributed by atoms with E-state index in [1.807, 2.05) is 24.4 Å². The number of benzene rings is 1. The van der Waals surface area contributed by atoms with Crippen LogP contribution in [0.4, 0.5) is 0 Å². The largest absolute Gasteiger partial charge is 0.346 e. The summed E-state index contributed by atoms with van der Waals surface area (Å²) in [7, 11) is -3.86. The zero-order valence-electron chi connectivity index (χ0n) is 15.3. The second kappa shape index (κ2) is 6.88. The number of nitrogens with zero attached hydrogens (tertiary/aromatic N) is 2. The Morgan fingerprint density at radius 1 is 1.29 bits per heavy atom. The van der Waals surface area contributed by atoms with Crippen LogP contribution in [0.2, 0.25) is 0 Å². The number of H-pyrrole nitrogens is 1. The first-order valence-electron chi connectivity index (χ1n) is 8.89. The number of aryl methyl sites for hydroxylation is 1. The molecule has 1 aromatic carbocycles. The summed E-state index contributed by atoms with van der Waals surface area (Å²) in [5, 5.41) is 6.26. The smallest absolute Gasteiger partial charge is 0.254 e. The first-order chi connectivity index (χ1) is 13.3. The normalized spacial score (nSPS) is 14.9. The highest BCUT2D eigenvalue weighted by Crippen LogP contribution is 2.29. The van der Waals surface area contributed by atoms with Crippen molar-refractivity contribution < 1.29 is 13.2 Å². The molecule has 0 fully saturated rings. The minimum absolute atomic E-state index is 0.0546. The fraction of sp³-hybridized carbons (Fsp3) is 0.200. The average molecular weight is 396 g/mol. The molecule has 4 rings (SSSR count). The van der Waals surface area contributed by atoms with Crippen LogP contribution in [0.5, 0.6) is 0 Å². The van der Waals surface area contributed by atoms with Crippen molar-refractivity contribution >= 4 is 32.5 Å². The van der Waals surface area contributed by atoms with E-state index in [2.05, 4.69) is 9.97 Å². The van der Waals surface area contributed by atoms with Crippen LogP contribution in [0.1, 0.15) is 27.9 Å². The van der Waals surface area contributed by atoms with Gasteiger partial charge in [-0.05, 0) is 48.7 Å². The number of aromatic amines is 1. The van der Waals surface area contributed by atoms with E-state index in [-0.39, 0.29) is 10.8 Å². The SMILES string of the molecule is Cc1ccc(S(N)(=O)=O)cc1C(=O)N1CC=C(c2c[nH]c3ncccc23)CC1. The Bertz CT molecular complexity index is 1210. The van der Waals surface area contributed by atoms with Gasteiger partial charge in [0.25, 0.3) is 5.91 Å². The maximum Gasteiger partial charge on any atom is 0.254 e. The monoisotopic (exact) mass is 396 g/mol. The van der Waals surface area contributed by atoms with E-state index >= 15 is 0 Å². The minimum atomic E-state index is -3.86. The van der Waals surface area contributed by atoms with Crippen molar-refractivity contribution in [1.29, 1.82) is 0 Å². The van der Waals surface area contributed by atoms with Gasteiger partial charge in [0.1, 0.15) is 5.65 Å². The molecule has 8 heteroatoms.